The van der Waals surface area contributed by atoms with Gasteiger partial charge in [0.15, 0.2) is 0 Å². The van der Waals surface area contributed by atoms with Crippen LogP contribution in [0.1, 0.15) is 43.9 Å². The van der Waals surface area contributed by atoms with E-state index in [9.17, 15) is 0 Å². The number of methoxy groups -OCH3 is 1. The van der Waals surface area contributed by atoms with Crippen LogP contribution >= 0.6 is 0 Å². The van der Waals surface area contributed by atoms with E-state index < -0.39 is 0 Å². The maximum absolute atomic E-state index is 6.00. The Morgan fingerprint density at radius 3 is 2.47 bits per heavy atom. The molecule has 1 atom stereocenters. The Kier molecular flexibility index (Phi) is 7.06. The van der Waals surface area contributed by atoms with Crippen molar-refractivity contribution in [2.45, 2.75) is 45.4 Å². The summed E-state index contributed by atoms with van der Waals surface area (Å²) in [6.07, 6.45) is 2.31. The zero-order valence-electron chi connectivity index (χ0n) is 12.7. The summed E-state index contributed by atoms with van der Waals surface area (Å²) < 4.78 is 5.20. The highest BCUT2D eigenvalue weighted by molar-refractivity contribution is 5.26. The highest BCUT2D eigenvalue weighted by Crippen LogP contribution is 2.23. The van der Waals surface area contributed by atoms with Crippen molar-refractivity contribution in [3.8, 4) is 0 Å². The minimum Gasteiger partial charge on any atom is -0.380 e. The van der Waals surface area contributed by atoms with Crippen molar-refractivity contribution >= 4 is 0 Å². The van der Waals surface area contributed by atoms with Crippen LogP contribution in [-0.2, 0) is 11.3 Å². The van der Waals surface area contributed by atoms with Crippen LogP contribution in [0.15, 0.2) is 24.3 Å². The number of nitrogens with two attached hydrogens (primary N) is 1. The molecular formula is C16H28N2O. The van der Waals surface area contributed by atoms with Crippen LogP contribution in [0.2, 0.25) is 0 Å². The number of benzene rings is 1. The van der Waals surface area contributed by atoms with Crippen LogP contribution in [0.3, 0.4) is 0 Å². The molecule has 1 aromatic rings. The van der Waals surface area contributed by atoms with E-state index >= 15 is 0 Å². The lowest BCUT2D eigenvalue weighted by Crippen LogP contribution is -2.38. The van der Waals surface area contributed by atoms with E-state index in [1.54, 1.807) is 7.11 Å². The lowest BCUT2D eigenvalue weighted by atomic mass is 10.00. The summed E-state index contributed by atoms with van der Waals surface area (Å²) in [6, 6.07) is 9.42. The zero-order chi connectivity index (χ0) is 14.3. The molecular weight excluding hydrogens is 236 g/mol. The molecule has 0 amide bonds. The Balaban J connectivity index is 2.92. The van der Waals surface area contributed by atoms with Crippen LogP contribution in [0.25, 0.3) is 0 Å². The summed E-state index contributed by atoms with van der Waals surface area (Å²) in [5.74, 6) is 0. The van der Waals surface area contributed by atoms with Crippen LogP contribution in [0, 0.1) is 0 Å². The number of hydrogen-bond acceptors (Lipinski definition) is 3. The number of hydrogen-bond donors (Lipinski definition) is 1. The van der Waals surface area contributed by atoms with E-state index in [4.69, 9.17) is 10.5 Å². The average molecular weight is 264 g/mol. The third-order valence-corrected chi connectivity index (χ3v) is 3.88. The fourth-order valence-electron chi connectivity index (χ4n) is 2.71. The van der Waals surface area contributed by atoms with Gasteiger partial charge in [-0.1, -0.05) is 38.1 Å². The quantitative estimate of drug-likeness (QED) is 0.784. The summed E-state index contributed by atoms with van der Waals surface area (Å²) in [6.45, 7) is 5.77. The monoisotopic (exact) mass is 264 g/mol. The van der Waals surface area contributed by atoms with E-state index in [1.165, 1.54) is 11.1 Å². The van der Waals surface area contributed by atoms with Gasteiger partial charge in [0.25, 0.3) is 0 Å². The fourth-order valence-corrected chi connectivity index (χ4v) is 2.71. The van der Waals surface area contributed by atoms with Crippen molar-refractivity contribution in [2.75, 3.05) is 20.7 Å². The molecule has 108 valence electrons. The molecule has 0 aromatic heterocycles. The van der Waals surface area contributed by atoms with Crippen molar-refractivity contribution in [1.29, 1.82) is 0 Å². The molecule has 0 heterocycles. The largest absolute Gasteiger partial charge is 0.380 e. The Morgan fingerprint density at radius 1 is 1.26 bits per heavy atom. The molecule has 0 bridgehead atoms. The van der Waals surface area contributed by atoms with Crippen LogP contribution in [0.5, 0.6) is 0 Å². The van der Waals surface area contributed by atoms with Gasteiger partial charge in [0.1, 0.15) is 0 Å². The summed E-state index contributed by atoms with van der Waals surface area (Å²) >= 11 is 0. The predicted molar refractivity (Wildman–Crippen MR) is 81.1 cm³/mol. The van der Waals surface area contributed by atoms with Gasteiger partial charge in [0, 0.05) is 25.7 Å². The molecule has 19 heavy (non-hydrogen) atoms. The Morgan fingerprint density at radius 2 is 1.95 bits per heavy atom. The molecule has 0 aliphatic rings. The van der Waals surface area contributed by atoms with E-state index in [-0.39, 0.29) is 6.04 Å². The first kappa shape index (κ1) is 16.2. The summed E-state index contributed by atoms with van der Waals surface area (Å²) in [4.78, 5) is 2.41. The molecule has 0 radical (unpaired) electrons. The van der Waals surface area contributed by atoms with Crippen molar-refractivity contribution in [3.05, 3.63) is 35.4 Å². The van der Waals surface area contributed by atoms with Gasteiger partial charge in [-0.05, 0) is 31.0 Å². The van der Waals surface area contributed by atoms with Crippen molar-refractivity contribution < 1.29 is 4.74 Å². The van der Waals surface area contributed by atoms with Gasteiger partial charge in [-0.15, -0.1) is 0 Å². The van der Waals surface area contributed by atoms with Crippen LogP contribution in [-0.4, -0.2) is 31.6 Å². The SMILES string of the molecule is CCC(CC)N(C)C(CN)c1cccc(COC)c1. The van der Waals surface area contributed by atoms with Gasteiger partial charge in [-0.2, -0.15) is 0 Å². The second kappa shape index (κ2) is 8.31. The lowest BCUT2D eigenvalue weighted by Gasteiger charge is -2.34. The molecule has 1 rings (SSSR count). The molecule has 3 heteroatoms. The van der Waals surface area contributed by atoms with E-state index in [2.05, 4.69) is 50.1 Å². The first-order chi connectivity index (χ1) is 9.17. The summed E-state index contributed by atoms with van der Waals surface area (Å²) in [5.41, 5.74) is 8.49. The molecule has 2 N–H and O–H groups in total. The zero-order valence-corrected chi connectivity index (χ0v) is 12.7. The first-order valence-electron chi connectivity index (χ1n) is 7.17. The number of ether oxygens (including phenoxy) is 1. The molecule has 0 fully saturated rings. The third-order valence-electron chi connectivity index (χ3n) is 3.88. The Labute approximate surface area is 117 Å². The molecule has 3 nitrogen and oxygen atoms in total. The van der Waals surface area contributed by atoms with Gasteiger partial charge < -0.3 is 10.5 Å². The molecule has 1 aromatic carbocycles. The summed E-state index contributed by atoms with van der Waals surface area (Å²) in [7, 11) is 3.90. The molecule has 0 saturated carbocycles. The smallest absolute Gasteiger partial charge is 0.0713 e. The average Bonchev–Trinajstić information content (AvgIpc) is 2.42. The van der Waals surface area contributed by atoms with Gasteiger partial charge in [0.2, 0.25) is 0 Å². The highest BCUT2D eigenvalue weighted by Gasteiger charge is 2.21. The lowest BCUT2D eigenvalue weighted by molar-refractivity contribution is 0.166. The van der Waals surface area contributed by atoms with Crippen molar-refractivity contribution in [1.82, 2.24) is 4.90 Å². The molecule has 0 spiro atoms. The molecule has 0 aliphatic heterocycles. The maximum atomic E-state index is 6.00. The normalized spacial score (nSPS) is 13.2. The van der Waals surface area contributed by atoms with Gasteiger partial charge in [0.05, 0.1) is 6.61 Å². The Bertz CT molecular complexity index is 364. The number of likely N-dealkylation sites (N-methyl/N-ethyl adjacent to an activating group) is 1. The maximum Gasteiger partial charge on any atom is 0.0713 e. The van der Waals surface area contributed by atoms with Crippen molar-refractivity contribution in [2.24, 2.45) is 5.73 Å². The van der Waals surface area contributed by atoms with Crippen LogP contribution in [0.4, 0.5) is 0 Å². The predicted octanol–water partition coefficient (Wildman–Crippen LogP) is 2.95. The number of nitrogens with zero attached hydrogens (tertiary/aromatic N) is 1. The standard InChI is InChI=1S/C16H28N2O/c1-5-15(6-2)18(3)16(11-17)14-9-7-8-13(10-14)12-19-4/h7-10,15-16H,5-6,11-12,17H2,1-4H3. The van der Waals surface area contributed by atoms with Gasteiger partial charge in [-0.3, -0.25) is 4.90 Å². The highest BCUT2D eigenvalue weighted by atomic mass is 16.5. The van der Waals surface area contributed by atoms with Crippen molar-refractivity contribution in [3.63, 3.8) is 0 Å². The topological polar surface area (TPSA) is 38.5 Å². The molecule has 1 unspecified atom stereocenters. The summed E-state index contributed by atoms with van der Waals surface area (Å²) in [5, 5.41) is 0. The molecule has 0 aliphatic carbocycles. The second-order valence-corrected chi connectivity index (χ2v) is 5.07. The minimum atomic E-state index is 0.279. The second-order valence-electron chi connectivity index (χ2n) is 5.07. The molecule has 0 saturated heterocycles. The first-order valence-corrected chi connectivity index (χ1v) is 7.17. The van der Waals surface area contributed by atoms with Crippen LogP contribution < -0.4 is 5.73 Å². The third kappa shape index (κ3) is 4.30. The fraction of sp³-hybridized carbons (Fsp3) is 0.625. The van der Waals surface area contributed by atoms with Gasteiger partial charge >= 0.3 is 0 Å². The van der Waals surface area contributed by atoms with Gasteiger partial charge in [-0.25, -0.2) is 0 Å². The Hall–Kier alpha value is -0.900. The minimum absolute atomic E-state index is 0.279. The number of rotatable bonds is 8. The van der Waals surface area contributed by atoms with E-state index in [0.717, 1.165) is 12.8 Å². The van der Waals surface area contributed by atoms with E-state index in [1.807, 2.05) is 0 Å². The van der Waals surface area contributed by atoms with E-state index in [0.29, 0.717) is 19.2 Å².